The summed E-state index contributed by atoms with van der Waals surface area (Å²) < 4.78 is 0. The number of rotatable bonds is 1. The van der Waals surface area contributed by atoms with Crippen molar-refractivity contribution in [2.24, 2.45) is 0 Å². The molecular formula is C8H18N+. The summed E-state index contributed by atoms with van der Waals surface area (Å²) in [6, 6.07) is 0.934. The highest BCUT2D eigenvalue weighted by atomic mass is 15.1. The van der Waals surface area contributed by atoms with Gasteiger partial charge >= 0.3 is 0 Å². The number of hydrogen-bond donors (Lipinski definition) is 1. The van der Waals surface area contributed by atoms with Crippen LogP contribution in [0.4, 0.5) is 0 Å². The van der Waals surface area contributed by atoms with E-state index in [1.807, 2.05) is 0 Å². The minimum atomic E-state index is 0.934. The summed E-state index contributed by atoms with van der Waals surface area (Å²) >= 11 is 0. The summed E-state index contributed by atoms with van der Waals surface area (Å²) in [5.41, 5.74) is 0. The van der Waals surface area contributed by atoms with Gasteiger partial charge in [0.1, 0.15) is 0 Å². The first-order valence-electron chi connectivity index (χ1n) is 4.19. The monoisotopic (exact) mass is 128 g/mol. The number of piperidine rings is 1. The molecule has 0 aliphatic carbocycles. The van der Waals surface area contributed by atoms with Crippen LogP contribution >= 0.6 is 0 Å². The SMILES string of the molecule is CC[NH+]1CCCCC1C. The molecular weight excluding hydrogens is 110 g/mol. The van der Waals surface area contributed by atoms with Gasteiger partial charge in [0.2, 0.25) is 0 Å². The van der Waals surface area contributed by atoms with Crippen molar-refractivity contribution in [3.8, 4) is 0 Å². The highest BCUT2D eigenvalue weighted by molar-refractivity contribution is 4.54. The van der Waals surface area contributed by atoms with E-state index in [1.54, 1.807) is 4.90 Å². The molecule has 1 heteroatoms. The fourth-order valence-corrected chi connectivity index (χ4v) is 1.78. The van der Waals surface area contributed by atoms with Crippen LogP contribution in [0.1, 0.15) is 33.1 Å². The molecule has 1 fully saturated rings. The second-order valence-electron chi connectivity index (χ2n) is 3.16. The molecule has 1 N–H and O–H groups in total. The zero-order valence-corrected chi connectivity index (χ0v) is 6.61. The Labute approximate surface area is 58.0 Å². The van der Waals surface area contributed by atoms with Gasteiger partial charge in [0.15, 0.2) is 0 Å². The van der Waals surface area contributed by atoms with E-state index in [1.165, 1.54) is 32.4 Å². The average molecular weight is 128 g/mol. The predicted molar refractivity (Wildman–Crippen MR) is 39.7 cm³/mol. The smallest absolute Gasteiger partial charge is 0.0846 e. The fourth-order valence-electron chi connectivity index (χ4n) is 1.78. The van der Waals surface area contributed by atoms with Crippen molar-refractivity contribution >= 4 is 0 Å². The Morgan fingerprint density at radius 3 is 2.67 bits per heavy atom. The quantitative estimate of drug-likeness (QED) is 0.523. The van der Waals surface area contributed by atoms with E-state index in [4.69, 9.17) is 0 Å². The maximum atomic E-state index is 2.37. The lowest BCUT2D eigenvalue weighted by Crippen LogP contribution is -3.15. The molecule has 54 valence electrons. The minimum Gasteiger partial charge on any atom is -0.333 e. The van der Waals surface area contributed by atoms with Crippen LogP contribution in [0.25, 0.3) is 0 Å². The van der Waals surface area contributed by atoms with Crippen LogP contribution in [-0.2, 0) is 0 Å². The first-order valence-corrected chi connectivity index (χ1v) is 4.19. The summed E-state index contributed by atoms with van der Waals surface area (Å²) in [6.07, 6.45) is 4.36. The second kappa shape index (κ2) is 3.21. The van der Waals surface area contributed by atoms with E-state index in [9.17, 15) is 0 Å². The Kier molecular flexibility index (Phi) is 2.52. The van der Waals surface area contributed by atoms with E-state index in [0.717, 1.165) is 6.04 Å². The van der Waals surface area contributed by atoms with Gasteiger partial charge in [-0.25, -0.2) is 0 Å². The lowest BCUT2D eigenvalue weighted by Gasteiger charge is -2.28. The van der Waals surface area contributed by atoms with E-state index >= 15 is 0 Å². The second-order valence-corrected chi connectivity index (χ2v) is 3.16. The third-order valence-electron chi connectivity index (χ3n) is 2.54. The first kappa shape index (κ1) is 7.07. The molecule has 1 aliphatic heterocycles. The Balaban J connectivity index is 2.30. The van der Waals surface area contributed by atoms with Crippen LogP contribution in [0.15, 0.2) is 0 Å². The predicted octanol–water partition coefficient (Wildman–Crippen LogP) is 0.464. The molecule has 1 rings (SSSR count). The Morgan fingerprint density at radius 1 is 1.44 bits per heavy atom. The Hall–Kier alpha value is -0.0400. The number of quaternary nitrogens is 1. The maximum Gasteiger partial charge on any atom is 0.0846 e. The van der Waals surface area contributed by atoms with Crippen molar-refractivity contribution in [3.63, 3.8) is 0 Å². The van der Waals surface area contributed by atoms with Crippen molar-refractivity contribution in [2.75, 3.05) is 13.1 Å². The number of nitrogens with one attached hydrogen (secondary N) is 1. The number of hydrogen-bond acceptors (Lipinski definition) is 0. The van der Waals surface area contributed by atoms with Crippen LogP contribution in [0.5, 0.6) is 0 Å². The van der Waals surface area contributed by atoms with Crippen molar-refractivity contribution in [2.45, 2.75) is 39.2 Å². The van der Waals surface area contributed by atoms with Crippen LogP contribution < -0.4 is 4.90 Å². The van der Waals surface area contributed by atoms with Gasteiger partial charge in [-0.05, 0) is 33.1 Å². The van der Waals surface area contributed by atoms with Gasteiger partial charge in [-0.2, -0.15) is 0 Å². The molecule has 0 saturated carbocycles. The van der Waals surface area contributed by atoms with Gasteiger partial charge in [-0.15, -0.1) is 0 Å². The molecule has 1 heterocycles. The van der Waals surface area contributed by atoms with Crippen molar-refractivity contribution < 1.29 is 4.90 Å². The molecule has 0 aromatic carbocycles. The molecule has 0 radical (unpaired) electrons. The molecule has 9 heavy (non-hydrogen) atoms. The molecule has 1 saturated heterocycles. The van der Waals surface area contributed by atoms with Crippen LogP contribution in [0.3, 0.4) is 0 Å². The summed E-state index contributed by atoms with van der Waals surface area (Å²) in [5.74, 6) is 0. The molecule has 1 nitrogen and oxygen atoms in total. The van der Waals surface area contributed by atoms with E-state index in [-0.39, 0.29) is 0 Å². The van der Waals surface area contributed by atoms with Crippen LogP contribution in [0, 0.1) is 0 Å². The highest BCUT2D eigenvalue weighted by Gasteiger charge is 2.18. The van der Waals surface area contributed by atoms with Gasteiger partial charge in [0.05, 0.1) is 19.1 Å². The van der Waals surface area contributed by atoms with Gasteiger partial charge < -0.3 is 4.90 Å². The third kappa shape index (κ3) is 1.68. The summed E-state index contributed by atoms with van der Waals surface area (Å²) in [5, 5.41) is 0. The zero-order chi connectivity index (χ0) is 6.69. The van der Waals surface area contributed by atoms with Gasteiger partial charge in [0, 0.05) is 0 Å². The van der Waals surface area contributed by atoms with Gasteiger partial charge in [0.25, 0.3) is 0 Å². The standard InChI is InChI=1S/C8H17N/c1-3-9-7-5-4-6-8(9)2/h8H,3-7H2,1-2H3/p+1. The minimum absolute atomic E-state index is 0.934. The normalized spacial score (nSPS) is 36.7. The summed E-state index contributed by atoms with van der Waals surface area (Å²) in [6.45, 7) is 7.40. The molecule has 0 bridgehead atoms. The Bertz CT molecular complexity index is 80.6. The first-order chi connectivity index (χ1) is 4.34. The van der Waals surface area contributed by atoms with E-state index in [2.05, 4.69) is 13.8 Å². The molecule has 0 aromatic heterocycles. The lowest BCUT2D eigenvalue weighted by molar-refractivity contribution is -0.926. The molecule has 0 aromatic rings. The van der Waals surface area contributed by atoms with Crippen molar-refractivity contribution in [3.05, 3.63) is 0 Å². The van der Waals surface area contributed by atoms with Crippen molar-refractivity contribution in [1.29, 1.82) is 0 Å². The maximum absolute atomic E-state index is 2.37. The van der Waals surface area contributed by atoms with Gasteiger partial charge in [-0.3, -0.25) is 0 Å². The lowest BCUT2D eigenvalue weighted by atomic mass is 10.0. The van der Waals surface area contributed by atoms with Crippen LogP contribution in [0.2, 0.25) is 0 Å². The summed E-state index contributed by atoms with van der Waals surface area (Å²) in [7, 11) is 0. The van der Waals surface area contributed by atoms with E-state index in [0.29, 0.717) is 0 Å². The zero-order valence-electron chi connectivity index (χ0n) is 6.61. The highest BCUT2D eigenvalue weighted by Crippen LogP contribution is 2.00. The third-order valence-corrected chi connectivity index (χ3v) is 2.54. The molecule has 2 atom stereocenters. The van der Waals surface area contributed by atoms with Crippen LogP contribution in [-0.4, -0.2) is 19.1 Å². The van der Waals surface area contributed by atoms with E-state index < -0.39 is 0 Å². The molecule has 2 unspecified atom stereocenters. The number of likely N-dealkylation sites (tertiary alicyclic amines) is 1. The molecule has 1 aliphatic rings. The fraction of sp³-hybridized carbons (Fsp3) is 1.00. The Morgan fingerprint density at radius 2 is 2.22 bits per heavy atom. The topological polar surface area (TPSA) is 4.44 Å². The average Bonchev–Trinajstić information content (AvgIpc) is 1.89. The molecule has 0 spiro atoms. The molecule has 0 amide bonds. The van der Waals surface area contributed by atoms with Crippen molar-refractivity contribution in [1.82, 2.24) is 0 Å². The largest absolute Gasteiger partial charge is 0.333 e. The summed E-state index contributed by atoms with van der Waals surface area (Å²) in [4.78, 5) is 1.81. The van der Waals surface area contributed by atoms with Gasteiger partial charge in [-0.1, -0.05) is 0 Å².